The van der Waals surface area contributed by atoms with Gasteiger partial charge in [-0.1, -0.05) is 12.1 Å². The van der Waals surface area contributed by atoms with Gasteiger partial charge in [-0.05, 0) is 54.8 Å². The van der Waals surface area contributed by atoms with Crippen LogP contribution in [-0.4, -0.2) is 31.5 Å². The van der Waals surface area contributed by atoms with Crippen LogP contribution in [0.3, 0.4) is 0 Å². The molecule has 2 amide bonds. The first-order valence-electron chi connectivity index (χ1n) is 8.66. The van der Waals surface area contributed by atoms with E-state index in [4.69, 9.17) is 4.74 Å². The van der Waals surface area contributed by atoms with Crippen molar-refractivity contribution in [3.63, 3.8) is 0 Å². The standard InChI is InChI=1S/C20H21FN2O3/c21-16-5-3-15(4-6-16)11-12-22-19(24)14-26-18-9-7-17(8-10-18)23-13-1-2-20(23)25/h3-10H,1-2,11-14H2,(H,22,24). The van der Waals surface area contributed by atoms with E-state index in [0.29, 0.717) is 25.1 Å². The maximum atomic E-state index is 12.8. The number of rotatable bonds is 7. The minimum absolute atomic E-state index is 0.0780. The molecule has 1 fully saturated rings. The topological polar surface area (TPSA) is 58.6 Å². The predicted molar refractivity (Wildman–Crippen MR) is 96.6 cm³/mol. The molecule has 6 heteroatoms. The van der Waals surface area contributed by atoms with Gasteiger partial charge in [0.05, 0.1) is 0 Å². The number of benzene rings is 2. The van der Waals surface area contributed by atoms with Gasteiger partial charge in [-0.25, -0.2) is 4.39 Å². The number of hydrogen-bond acceptors (Lipinski definition) is 3. The van der Waals surface area contributed by atoms with E-state index in [0.717, 1.165) is 24.2 Å². The summed E-state index contributed by atoms with van der Waals surface area (Å²) in [5.41, 5.74) is 1.81. The maximum absolute atomic E-state index is 12.8. The molecule has 26 heavy (non-hydrogen) atoms. The SMILES string of the molecule is O=C(COc1ccc(N2CCCC2=O)cc1)NCCc1ccc(F)cc1. The van der Waals surface area contributed by atoms with Crippen LogP contribution in [0, 0.1) is 5.82 Å². The van der Waals surface area contributed by atoms with Crippen molar-refractivity contribution >= 4 is 17.5 Å². The second kappa shape index (κ2) is 8.47. The summed E-state index contributed by atoms with van der Waals surface area (Å²) in [5.74, 6) is 0.227. The molecule has 1 aliphatic heterocycles. The third-order valence-electron chi connectivity index (χ3n) is 4.24. The van der Waals surface area contributed by atoms with Crippen molar-refractivity contribution in [2.75, 3.05) is 24.6 Å². The fourth-order valence-electron chi connectivity index (χ4n) is 2.84. The molecule has 0 aromatic heterocycles. The molecule has 2 aromatic rings. The molecule has 3 rings (SSSR count). The minimum atomic E-state index is -0.272. The molecule has 1 saturated heterocycles. The number of nitrogens with zero attached hydrogens (tertiary/aromatic N) is 1. The smallest absolute Gasteiger partial charge is 0.257 e. The molecule has 1 aliphatic rings. The fourth-order valence-corrected chi connectivity index (χ4v) is 2.84. The Labute approximate surface area is 151 Å². The highest BCUT2D eigenvalue weighted by Crippen LogP contribution is 2.23. The van der Waals surface area contributed by atoms with Gasteiger partial charge in [0.2, 0.25) is 5.91 Å². The summed E-state index contributed by atoms with van der Waals surface area (Å²) >= 11 is 0. The van der Waals surface area contributed by atoms with Crippen molar-refractivity contribution < 1.29 is 18.7 Å². The van der Waals surface area contributed by atoms with E-state index < -0.39 is 0 Å². The Kier molecular flexibility index (Phi) is 5.84. The molecular formula is C20H21FN2O3. The largest absolute Gasteiger partial charge is 0.484 e. The van der Waals surface area contributed by atoms with Crippen LogP contribution in [0.15, 0.2) is 48.5 Å². The number of anilines is 1. The molecule has 2 aromatic carbocycles. The van der Waals surface area contributed by atoms with E-state index in [2.05, 4.69) is 5.32 Å². The quantitative estimate of drug-likeness (QED) is 0.830. The third kappa shape index (κ3) is 4.81. The van der Waals surface area contributed by atoms with Crippen LogP contribution in [0.5, 0.6) is 5.75 Å². The lowest BCUT2D eigenvalue weighted by Gasteiger charge is -2.16. The second-order valence-electron chi connectivity index (χ2n) is 6.16. The van der Waals surface area contributed by atoms with Crippen LogP contribution in [-0.2, 0) is 16.0 Å². The lowest BCUT2D eigenvalue weighted by Crippen LogP contribution is -2.30. The Bertz CT molecular complexity index is 760. The van der Waals surface area contributed by atoms with Crippen molar-refractivity contribution in [2.24, 2.45) is 0 Å². The van der Waals surface area contributed by atoms with Gasteiger partial charge in [-0.3, -0.25) is 9.59 Å². The highest BCUT2D eigenvalue weighted by molar-refractivity contribution is 5.95. The molecule has 0 aliphatic carbocycles. The third-order valence-corrected chi connectivity index (χ3v) is 4.24. The minimum Gasteiger partial charge on any atom is -0.484 e. The van der Waals surface area contributed by atoms with E-state index in [9.17, 15) is 14.0 Å². The zero-order valence-corrected chi connectivity index (χ0v) is 14.4. The number of ether oxygens (including phenoxy) is 1. The first-order chi connectivity index (χ1) is 12.6. The van der Waals surface area contributed by atoms with Gasteiger partial charge in [0.1, 0.15) is 11.6 Å². The van der Waals surface area contributed by atoms with E-state index in [1.54, 1.807) is 29.2 Å². The molecule has 0 spiro atoms. The van der Waals surface area contributed by atoms with Crippen LogP contribution in [0.2, 0.25) is 0 Å². The Morgan fingerprint density at radius 3 is 2.50 bits per heavy atom. The summed E-state index contributed by atoms with van der Waals surface area (Å²) in [6.07, 6.45) is 2.11. The first kappa shape index (κ1) is 17.9. The van der Waals surface area contributed by atoms with Crippen molar-refractivity contribution in [3.8, 4) is 5.75 Å². The highest BCUT2D eigenvalue weighted by atomic mass is 19.1. The second-order valence-corrected chi connectivity index (χ2v) is 6.16. The summed E-state index contributed by atoms with van der Waals surface area (Å²) in [6.45, 7) is 1.13. The molecule has 0 unspecified atom stereocenters. The van der Waals surface area contributed by atoms with Gasteiger partial charge >= 0.3 is 0 Å². The van der Waals surface area contributed by atoms with E-state index in [-0.39, 0.29) is 24.2 Å². The lowest BCUT2D eigenvalue weighted by molar-refractivity contribution is -0.123. The number of amides is 2. The predicted octanol–water partition coefficient (Wildman–Crippen LogP) is 2.69. The summed E-state index contributed by atoms with van der Waals surface area (Å²) < 4.78 is 18.3. The van der Waals surface area contributed by atoms with Crippen molar-refractivity contribution in [1.29, 1.82) is 0 Å². The first-order valence-corrected chi connectivity index (χ1v) is 8.66. The zero-order valence-electron chi connectivity index (χ0n) is 14.4. The lowest BCUT2D eigenvalue weighted by atomic mass is 10.1. The van der Waals surface area contributed by atoms with Crippen LogP contribution in [0.25, 0.3) is 0 Å². The highest BCUT2D eigenvalue weighted by Gasteiger charge is 2.21. The Morgan fingerprint density at radius 1 is 1.12 bits per heavy atom. The van der Waals surface area contributed by atoms with Gasteiger partial charge < -0.3 is 15.0 Å². The van der Waals surface area contributed by atoms with Crippen molar-refractivity contribution in [2.45, 2.75) is 19.3 Å². The molecule has 1 heterocycles. The van der Waals surface area contributed by atoms with E-state index in [1.807, 2.05) is 12.1 Å². The average Bonchev–Trinajstić information content (AvgIpc) is 3.08. The average molecular weight is 356 g/mol. The number of carbonyl (C=O) groups is 2. The van der Waals surface area contributed by atoms with Crippen molar-refractivity contribution in [3.05, 3.63) is 59.9 Å². The number of halogens is 1. The molecule has 1 N–H and O–H groups in total. The van der Waals surface area contributed by atoms with Gasteiger partial charge in [0, 0.05) is 25.2 Å². The zero-order chi connectivity index (χ0) is 18.4. The van der Waals surface area contributed by atoms with Crippen LogP contribution < -0.4 is 15.0 Å². The summed E-state index contributed by atoms with van der Waals surface area (Å²) in [7, 11) is 0. The Hall–Kier alpha value is -2.89. The molecule has 0 atom stereocenters. The fraction of sp³-hybridized carbons (Fsp3) is 0.300. The maximum Gasteiger partial charge on any atom is 0.257 e. The summed E-state index contributed by atoms with van der Waals surface area (Å²) in [4.78, 5) is 25.3. The van der Waals surface area contributed by atoms with E-state index in [1.165, 1.54) is 12.1 Å². The Balaban J connectivity index is 1.40. The molecule has 0 bridgehead atoms. The summed E-state index contributed by atoms with van der Waals surface area (Å²) in [5, 5.41) is 2.77. The van der Waals surface area contributed by atoms with Crippen molar-refractivity contribution in [1.82, 2.24) is 5.32 Å². The molecule has 136 valence electrons. The Morgan fingerprint density at radius 2 is 1.85 bits per heavy atom. The van der Waals surface area contributed by atoms with Gasteiger partial charge in [0.25, 0.3) is 5.91 Å². The monoisotopic (exact) mass is 356 g/mol. The van der Waals surface area contributed by atoms with Gasteiger partial charge in [0.15, 0.2) is 6.61 Å². The number of carbonyl (C=O) groups excluding carboxylic acids is 2. The van der Waals surface area contributed by atoms with Gasteiger partial charge in [-0.2, -0.15) is 0 Å². The molecule has 0 saturated carbocycles. The van der Waals surface area contributed by atoms with E-state index >= 15 is 0 Å². The van der Waals surface area contributed by atoms with Crippen LogP contribution in [0.1, 0.15) is 18.4 Å². The van der Waals surface area contributed by atoms with Crippen LogP contribution in [0.4, 0.5) is 10.1 Å². The molecule has 0 radical (unpaired) electrons. The molecular weight excluding hydrogens is 335 g/mol. The summed E-state index contributed by atoms with van der Waals surface area (Å²) in [6, 6.07) is 13.4. The van der Waals surface area contributed by atoms with Gasteiger partial charge in [-0.15, -0.1) is 0 Å². The van der Waals surface area contributed by atoms with Crippen LogP contribution >= 0.6 is 0 Å². The molecule has 5 nitrogen and oxygen atoms in total. The number of nitrogens with one attached hydrogen (secondary N) is 1. The number of hydrogen-bond donors (Lipinski definition) is 1. The normalized spacial score (nSPS) is 13.7.